The number of carbonyl (C=O) groups is 1. The Morgan fingerprint density at radius 2 is 2.00 bits per heavy atom. The zero-order valence-corrected chi connectivity index (χ0v) is 13.4. The topological polar surface area (TPSA) is 51.2 Å². The fourth-order valence-electron chi connectivity index (χ4n) is 1.64. The van der Waals surface area contributed by atoms with E-state index >= 15 is 0 Å². The molecule has 0 atom stereocenters. The zero-order chi connectivity index (χ0) is 14.5. The van der Waals surface area contributed by atoms with Crippen molar-refractivity contribution < 1.29 is 9.53 Å². The molecule has 1 amide bonds. The van der Waals surface area contributed by atoms with Gasteiger partial charge in [-0.1, -0.05) is 12.1 Å². The molecule has 0 unspecified atom stereocenters. The number of pyridine rings is 1. The van der Waals surface area contributed by atoms with Crippen LogP contribution in [0.15, 0.2) is 42.6 Å². The molecule has 0 fully saturated rings. The standard InChI is InChI=1S/C15H15IN2O2/c1-10(2)20-15-13(8-5-9-17-15)18-14(19)11-6-3-4-7-12(11)16/h3-10H,1-2H3,(H,18,19). The van der Waals surface area contributed by atoms with Crippen LogP contribution >= 0.6 is 22.6 Å². The number of hydrogen-bond donors (Lipinski definition) is 1. The van der Waals surface area contributed by atoms with Crippen molar-refractivity contribution in [3.63, 3.8) is 0 Å². The van der Waals surface area contributed by atoms with Gasteiger partial charge in [-0.25, -0.2) is 4.98 Å². The van der Waals surface area contributed by atoms with Crippen LogP contribution in [0.25, 0.3) is 0 Å². The van der Waals surface area contributed by atoms with Crippen LogP contribution in [0, 0.1) is 3.57 Å². The smallest absolute Gasteiger partial charge is 0.256 e. The maximum atomic E-state index is 12.3. The first-order valence-corrected chi connectivity index (χ1v) is 7.33. The van der Waals surface area contributed by atoms with Crippen molar-refractivity contribution in [2.24, 2.45) is 0 Å². The molecule has 2 aromatic rings. The Bertz CT molecular complexity index is 614. The van der Waals surface area contributed by atoms with Gasteiger partial charge in [-0.2, -0.15) is 0 Å². The highest BCUT2D eigenvalue weighted by Crippen LogP contribution is 2.23. The number of anilines is 1. The van der Waals surface area contributed by atoms with E-state index in [1.807, 2.05) is 32.0 Å². The monoisotopic (exact) mass is 382 g/mol. The molecule has 0 aliphatic rings. The first-order valence-electron chi connectivity index (χ1n) is 6.25. The molecule has 4 nitrogen and oxygen atoms in total. The number of hydrogen-bond acceptors (Lipinski definition) is 3. The van der Waals surface area contributed by atoms with E-state index in [0.29, 0.717) is 17.1 Å². The average molecular weight is 382 g/mol. The molecule has 1 aromatic heterocycles. The van der Waals surface area contributed by atoms with Crippen molar-refractivity contribution in [2.75, 3.05) is 5.32 Å². The van der Waals surface area contributed by atoms with Gasteiger partial charge in [0.2, 0.25) is 5.88 Å². The molecule has 1 aromatic carbocycles. The molecule has 0 aliphatic carbocycles. The molecule has 0 saturated heterocycles. The van der Waals surface area contributed by atoms with Crippen molar-refractivity contribution in [3.05, 3.63) is 51.7 Å². The summed E-state index contributed by atoms with van der Waals surface area (Å²) in [5.41, 5.74) is 1.21. The lowest BCUT2D eigenvalue weighted by Gasteiger charge is -2.13. The molecule has 20 heavy (non-hydrogen) atoms. The van der Waals surface area contributed by atoms with Crippen molar-refractivity contribution in [2.45, 2.75) is 20.0 Å². The van der Waals surface area contributed by atoms with Gasteiger partial charge in [0.1, 0.15) is 5.69 Å². The molecule has 104 valence electrons. The number of halogens is 1. The van der Waals surface area contributed by atoms with Crippen molar-refractivity contribution >= 4 is 34.2 Å². The summed E-state index contributed by atoms with van der Waals surface area (Å²) in [6.07, 6.45) is 1.64. The molecule has 0 saturated carbocycles. The summed E-state index contributed by atoms with van der Waals surface area (Å²) in [7, 11) is 0. The Balaban J connectivity index is 2.22. The number of amides is 1. The minimum Gasteiger partial charge on any atom is -0.473 e. The second-order valence-electron chi connectivity index (χ2n) is 4.46. The van der Waals surface area contributed by atoms with Crippen LogP contribution in [-0.2, 0) is 0 Å². The fourth-order valence-corrected chi connectivity index (χ4v) is 2.27. The van der Waals surface area contributed by atoms with E-state index in [2.05, 4.69) is 32.9 Å². The molecule has 5 heteroatoms. The van der Waals surface area contributed by atoms with Crippen molar-refractivity contribution in [3.8, 4) is 5.88 Å². The first kappa shape index (κ1) is 14.8. The third-order valence-electron chi connectivity index (χ3n) is 2.49. The highest BCUT2D eigenvalue weighted by Gasteiger charge is 2.13. The molecular weight excluding hydrogens is 367 g/mol. The maximum absolute atomic E-state index is 12.3. The summed E-state index contributed by atoms with van der Waals surface area (Å²) in [5, 5.41) is 2.84. The predicted octanol–water partition coefficient (Wildman–Crippen LogP) is 3.73. The fraction of sp³-hybridized carbons (Fsp3) is 0.200. The van der Waals surface area contributed by atoms with E-state index in [4.69, 9.17) is 4.74 Å². The van der Waals surface area contributed by atoms with Crippen LogP contribution in [-0.4, -0.2) is 17.0 Å². The van der Waals surface area contributed by atoms with E-state index in [0.717, 1.165) is 3.57 Å². The van der Waals surface area contributed by atoms with Crippen LogP contribution in [0.1, 0.15) is 24.2 Å². The number of aromatic nitrogens is 1. The van der Waals surface area contributed by atoms with Crippen molar-refractivity contribution in [1.29, 1.82) is 0 Å². The maximum Gasteiger partial charge on any atom is 0.256 e. The van der Waals surface area contributed by atoms with E-state index in [1.165, 1.54) is 0 Å². The van der Waals surface area contributed by atoms with Gasteiger partial charge in [0.15, 0.2) is 0 Å². The summed E-state index contributed by atoms with van der Waals surface area (Å²) < 4.78 is 6.49. The molecule has 1 heterocycles. The second kappa shape index (κ2) is 6.69. The summed E-state index contributed by atoms with van der Waals surface area (Å²) in [6.45, 7) is 3.83. The number of nitrogens with one attached hydrogen (secondary N) is 1. The molecule has 0 aliphatic heterocycles. The Labute approximate surface area is 131 Å². The van der Waals surface area contributed by atoms with Gasteiger partial charge < -0.3 is 10.1 Å². The van der Waals surface area contributed by atoms with E-state index < -0.39 is 0 Å². The Kier molecular flexibility index (Phi) is 4.94. The van der Waals surface area contributed by atoms with E-state index in [-0.39, 0.29) is 12.0 Å². The van der Waals surface area contributed by atoms with Crippen LogP contribution < -0.4 is 10.1 Å². The third-order valence-corrected chi connectivity index (χ3v) is 3.43. The molecule has 1 N–H and O–H groups in total. The first-order chi connectivity index (χ1) is 9.58. The number of rotatable bonds is 4. The van der Waals surface area contributed by atoms with Crippen LogP contribution in [0.3, 0.4) is 0 Å². The lowest BCUT2D eigenvalue weighted by molar-refractivity contribution is 0.102. The number of carbonyl (C=O) groups excluding carboxylic acids is 1. The number of nitrogens with zero attached hydrogens (tertiary/aromatic N) is 1. The lowest BCUT2D eigenvalue weighted by atomic mass is 10.2. The van der Waals surface area contributed by atoms with Crippen molar-refractivity contribution in [1.82, 2.24) is 4.98 Å². The molecule has 2 rings (SSSR count). The van der Waals surface area contributed by atoms with Crippen LogP contribution in [0.2, 0.25) is 0 Å². The van der Waals surface area contributed by atoms with Gasteiger partial charge in [0.05, 0.1) is 11.7 Å². The largest absolute Gasteiger partial charge is 0.473 e. The van der Waals surface area contributed by atoms with Crippen LogP contribution in [0.4, 0.5) is 5.69 Å². The molecule has 0 bridgehead atoms. The van der Waals surface area contributed by atoms with Gasteiger partial charge >= 0.3 is 0 Å². The summed E-state index contributed by atoms with van der Waals surface area (Å²) in [6, 6.07) is 11.0. The SMILES string of the molecule is CC(C)Oc1ncccc1NC(=O)c1ccccc1I. The predicted molar refractivity (Wildman–Crippen MR) is 87.1 cm³/mol. The highest BCUT2D eigenvalue weighted by molar-refractivity contribution is 14.1. The summed E-state index contributed by atoms with van der Waals surface area (Å²) in [4.78, 5) is 16.4. The molecule has 0 spiro atoms. The normalized spacial score (nSPS) is 10.4. The summed E-state index contributed by atoms with van der Waals surface area (Å²) in [5.74, 6) is 0.262. The molecule has 0 radical (unpaired) electrons. The minimum absolute atomic E-state index is 0.00239. The third kappa shape index (κ3) is 3.69. The minimum atomic E-state index is -0.170. The lowest BCUT2D eigenvalue weighted by Crippen LogP contribution is -2.16. The summed E-state index contributed by atoms with van der Waals surface area (Å²) >= 11 is 2.14. The highest BCUT2D eigenvalue weighted by atomic mass is 127. The van der Waals surface area contributed by atoms with Gasteiger partial charge in [0.25, 0.3) is 5.91 Å². The van der Waals surface area contributed by atoms with E-state index in [9.17, 15) is 4.79 Å². The number of ether oxygens (including phenoxy) is 1. The van der Waals surface area contributed by atoms with Gasteiger partial charge in [0, 0.05) is 9.77 Å². The van der Waals surface area contributed by atoms with Gasteiger partial charge in [-0.15, -0.1) is 0 Å². The van der Waals surface area contributed by atoms with Gasteiger partial charge in [-0.05, 0) is 60.7 Å². The Morgan fingerprint density at radius 3 is 2.70 bits per heavy atom. The van der Waals surface area contributed by atoms with Gasteiger partial charge in [-0.3, -0.25) is 4.79 Å². The Morgan fingerprint density at radius 1 is 1.25 bits per heavy atom. The second-order valence-corrected chi connectivity index (χ2v) is 5.62. The Hall–Kier alpha value is -1.63. The zero-order valence-electron chi connectivity index (χ0n) is 11.3. The van der Waals surface area contributed by atoms with E-state index in [1.54, 1.807) is 24.4 Å². The van der Waals surface area contributed by atoms with Crippen LogP contribution in [0.5, 0.6) is 5.88 Å². The number of benzene rings is 1. The quantitative estimate of drug-likeness (QED) is 0.821. The average Bonchev–Trinajstić information content (AvgIpc) is 2.41. The molecular formula is C15H15IN2O2.